The lowest BCUT2D eigenvalue weighted by Crippen LogP contribution is -2.33. The van der Waals surface area contributed by atoms with Gasteiger partial charge in [0.2, 0.25) is 0 Å². The van der Waals surface area contributed by atoms with Crippen molar-refractivity contribution < 1.29 is 36.2 Å². The maximum absolute atomic E-state index is 14.7. The average molecular weight is 672 g/mol. The first-order valence-corrected chi connectivity index (χ1v) is 14.8. The number of benzene rings is 2. The van der Waals surface area contributed by atoms with E-state index in [1.165, 1.54) is 12.3 Å². The van der Waals surface area contributed by atoms with Gasteiger partial charge < -0.3 is 25.4 Å². The molecule has 4 N–H and O–H groups in total. The molecule has 0 bridgehead atoms. The summed E-state index contributed by atoms with van der Waals surface area (Å²) in [5.41, 5.74) is -1.18. The molecule has 0 aliphatic heterocycles. The van der Waals surface area contributed by atoms with Gasteiger partial charge in [-0.1, -0.05) is 18.2 Å². The minimum Gasteiger partial charge on any atom is -0.494 e. The van der Waals surface area contributed by atoms with Crippen LogP contribution in [0.1, 0.15) is 55.9 Å². The number of para-hydroxylation sites is 1. The standard InChI is InChI=1S/C33H34F5N7O3/c1-5-47-21-15-24(34)23(25(35)16-21)18-42-26-9-7-6-8-22(26)28(39)30-43-17-19(10-12-41-31(46)48-32(2,3)4)29(45-30)44-20-11-13-40-27(14-20)33(36,37)38/h6-9,11,13-17,39,42H,5,10,12,18H2,1-4H3,(H,41,46)(H,40,43,44,45). The SMILES string of the molecule is CCOc1cc(F)c(CNc2ccccc2C(=N)c2ncc(CCNC(=O)OC(C)(C)C)c(Nc3ccnc(C(F)(F)F)c3)n2)c(F)c1. The van der Waals surface area contributed by atoms with Crippen molar-refractivity contribution in [1.29, 1.82) is 5.41 Å². The van der Waals surface area contributed by atoms with Gasteiger partial charge in [0.25, 0.3) is 0 Å². The zero-order valence-corrected chi connectivity index (χ0v) is 26.6. The van der Waals surface area contributed by atoms with Crippen LogP contribution in [0, 0.1) is 17.0 Å². The van der Waals surface area contributed by atoms with E-state index < -0.39 is 35.2 Å². The molecule has 0 saturated carbocycles. The van der Waals surface area contributed by atoms with E-state index >= 15 is 0 Å². The van der Waals surface area contributed by atoms with Crippen LogP contribution in [0.5, 0.6) is 5.75 Å². The summed E-state index contributed by atoms with van der Waals surface area (Å²) < 4.78 is 79.9. The van der Waals surface area contributed by atoms with Crippen LogP contribution in [0.15, 0.2) is 60.9 Å². The highest BCUT2D eigenvalue weighted by Crippen LogP contribution is 2.30. The third kappa shape index (κ3) is 9.59. The van der Waals surface area contributed by atoms with E-state index in [0.29, 0.717) is 11.3 Å². The van der Waals surface area contributed by atoms with Crippen LogP contribution >= 0.6 is 0 Å². The lowest BCUT2D eigenvalue weighted by atomic mass is 10.1. The normalized spacial score (nSPS) is 11.5. The number of ether oxygens (including phenoxy) is 2. The molecular weight excluding hydrogens is 637 g/mol. The first kappa shape index (κ1) is 35.5. The Kier molecular flexibility index (Phi) is 11.1. The molecule has 0 spiro atoms. The molecule has 0 radical (unpaired) electrons. The van der Waals surface area contributed by atoms with Gasteiger partial charge in [-0.15, -0.1) is 0 Å². The van der Waals surface area contributed by atoms with E-state index in [9.17, 15) is 26.7 Å². The molecule has 0 saturated heterocycles. The number of nitrogens with one attached hydrogen (secondary N) is 4. The van der Waals surface area contributed by atoms with Crippen LogP contribution in [-0.2, 0) is 23.9 Å². The Morgan fingerprint density at radius 3 is 2.38 bits per heavy atom. The molecule has 254 valence electrons. The lowest BCUT2D eigenvalue weighted by Gasteiger charge is -2.20. The second kappa shape index (κ2) is 15.0. The molecule has 0 fully saturated rings. The zero-order chi connectivity index (χ0) is 35.1. The fraction of sp³-hybridized carbons (Fsp3) is 0.303. The minimum atomic E-state index is -4.69. The van der Waals surface area contributed by atoms with Gasteiger partial charge in [0.05, 0.1) is 6.61 Å². The van der Waals surface area contributed by atoms with Crippen LogP contribution in [0.2, 0.25) is 0 Å². The maximum atomic E-state index is 14.7. The number of nitrogens with zero attached hydrogens (tertiary/aromatic N) is 3. The second-order valence-corrected chi connectivity index (χ2v) is 11.4. The number of halogens is 5. The van der Waals surface area contributed by atoms with E-state index in [-0.39, 0.29) is 66.0 Å². The van der Waals surface area contributed by atoms with Gasteiger partial charge >= 0.3 is 12.3 Å². The number of carbonyl (C=O) groups is 1. The fourth-order valence-corrected chi connectivity index (χ4v) is 4.39. The van der Waals surface area contributed by atoms with Crippen LogP contribution in [0.4, 0.5) is 43.9 Å². The highest BCUT2D eigenvalue weighted by Gasteiger charge is 2.32. The number of aromatic nitrogens is 3. The van der Waals surface area contributed by atoms with Crippen LogP contribution in [0.3, 0.4) is 0 Å². The molecule has 15 heteroatoms. The predicted octanol–water partition coefficient (Wildman–Crippen LogP) is 7.41. The number of alkyl carbamates (subject to hydrolysis) is 1. The van der Waals surface area contributed by atoms with Crippen LogP contribution in [-0.4, -0.2) is 45.5 Å². The summed E-state index contributed by atoms with van der Waals surface area (Å²) in [5.74, 6) is -1.57. The largest absolute Gasteiger partial charge is 0.494 e. The molecule has 2 aromatic heterocycles. The summed E-state index contributed by atoms with van der Waals surface area (Å²) in [6.07, 6.45) is -2.80. The van der Waals surface area contributed by atoms with Gasteiger partial charge in [0, 0.05) is 65.7 Å². The number of carbonyl (C=O) groups excluding carboxylic acids is 1. The zero-order valence-electron chi connectivity index (χ0n) is 26.6. The number of rotatable bonds is 12. The number of anilines is 3. The molecule has 4 rings (SSSR count). The Bertz CT molecular complexity index is 1750. The molecule has 10 nitrogen and oxygen atoms in total. The van der Waals surface area contributed by atoms with Crippen molar-refractivity contribution in [3.8, 4) is 5.75 Å². The molecule has 48 heavy (non-hydrogen) atoms. The summed E-state index contributed by atoms with van der Waals surface area (Å²) in [6, 6.07) is 10.8. The highest BCUT2D eigenvalue weighted by atomic mass is 19.4. The Hall–Kier alpha value is -5.34. The summed E-state index contributed by atoms with van der Waals surface area (Å²) in [7, 11) is 0. The molecular formula is C33H34F5N7O3. The molecule has 2 heterocycles. The Balaban J connectivity index is 1.61. The van der Waals surface area contributed by atoms with E-state index in [0.717, 1.165) is 24.4 Å². The van der Waals surface area contributed by atoms with Crippen molar-refractivity contribution in [3.63, 3.8) is 0 Å². The van der Waals surface area contributed by atoms with E-state index in [1.54, 1.807) is 52.0 Å². The Morgan fingerprint density at radius 1 is 1.00 bits per heavy atom. The fourth-order valence-electron chi connectivity index (χ4n) is 4.39. The van der Waals surface area contributed by atoms with E-state index in [4.69, 9.17) is 14.9 Å². The van der Waals surface area contributed by atoms with Gasteiger partial charge in [-0.05, 0) is 52.3 Å². The molecule has 0 aliphatic rings. The second-order valence-electron chi connectivity index (χ2n) is 11.4. The number of pyridine rings is 1. The van der Waals surface area contributed by atoms with Crippen molar-refractivity contribution in [2.75, 3.05) is 23.8 Å². The molecule has 2 aromatic carbocycles. The monoisotopic (exact) mass is 671 g/mol. The number of hydrogen-bond donors (Lipinski definition) is 4. The molecule has 1 amide bonds. The van der Waals surface area contributed by atoms with Crippen molar-refractivity contribution >= 4 is 29.0 Å². The summed E-state index contributed by atoms with van der Waals surface area (Å²) in [6.45, 7) is 6.90. The lowest BCUT2D eigenvalue weighted by molar-refractivity contribution is -0.141. The van der Waals surface area contributed by atoms with Gasteiger partial charge in [-0.25, -0.2) is 23.5 Å². The van der Waals surface area contributed by atoms with E-state index in [2.05, 4.69) is 30.9 Å². The third-order valence-corrected chi connectivity index (χ3v) is 6.54. The molecule has 4 aromatic rings. The maximum Gasteiger partial charge on any atom is 0.433 e. The summed E-state index contributed by atoms with van der Waals surface area (Å²) in [4.78, 5) is 24.3. The topological polar surface area (TPSA) is 134 Å². The molecule has 0 unspecified atom stereocenters. The van der Waals surface area contributed by atoms with Crippen LogP contribution in [0.25, 0.3) is 0 Å². The average Bonchev–Trinajstić information content (AvgIpc) is 3.00. The van der Waals surface area contributed by atoms with E-state index in [1.807, 2.05) is 0 Å². The van der Waals surface area contributed by atoms with Crippen molar-refractivity contribution in [2.45, 2.75) is 52.4 Å². The van der Waals surface area contributed by atoms with Gasteiger partial charge in [-0.3, -0.25) is 10.4 Å². The Labute approximate surface area is 273 Å². The quantitative estimate of drug-likeness (QED) is 0.0904. The highest BCUT2D eigenvalue weighted by molar-refractivity contribution is 6.12. The van der Waals surface area contributed by atoms with Gasteiger partial charge in [-0.2, -0.15) is 13.2 Å². The van der Waals surface area contributed by atoms with Crippen molar-refractivity contribution in [1.82, 2.24) is 20.3 Å². The minimum absolute atomic E-state index is 0.0244. The number of amides is 1. The van der Waals surface area contributed by atoms with Crippen molar-refractivity contribution in [2.24, 2.45) is 0 Å². The first-order valence-electron chi connectivity index (χ1n) is 14.8. The Morgan fingerprint density at radius 2 is 1.71 bits per heavy atom. The number of alkyl halides is 3. The molecule has 0 atom stereocenters. The predicted molar refractivity (Wildman–Crippen MR) is 170 cm³/mol. The summed E-state index contributed by atoms with van der Waals surface area (Å²) >= 11 is 0. The van der Waals surface area contributed by atoms with Crippen LogP contribution < -0.4 is 20.7 Å². The van der Waals surface area contributed by atoms with Gasteiger partial charge in [0.15, 0.2) is 5.82 Å². The first-order chi connectivity index (χ1) is 22.6. The van der Waals surface area contributed by atoms with Crippen molar-refractivity contribution in [3.05, 3.63) is 101 Å². The van der Waals surface area contributed by atoms with Gasteiger partial charge in [0.1, 0.15) is 40.2 Å². The number of hydrogen-bond acceptors (Lipinski definition) is 9. The smallest absolute Gasteiger partial charge is 0.433 e. The molecule has 0 aliphatic carbocycles. The summed E-state index contributed by atoms with van der Waals surface area (Å²) in [5, 5.41) is 17.3. The third-order valence-electron chi connectivity index (χ3n) is 6.54.